The molecule has 20 heavy (non-hydrogen) atoms. The molecule has 0 aliphatic heterocycles. The minimum atomic E-state index is -0.702. The summed E-state index contributed by atoms with van der Waals surface area (Å²) in [6, 6.07) is 8.75. The summed E-state index contributed by atoms with van der Waals surface area (Å²) in [5.74, 6) is -0.557. The van der Waals surface area contributed by atoms with Crippen molar-refractivity contribution in [1.29, 1.82) is 0 Å². The first kappa shape index (κ1) is 15.4. The molecular weight excluding hydrogens is 258 g/mol. The predicted octanol–water partition coefficient (Wildman–Crippen LogP) is 1.35. The van der Waals surface area contributed by atoms with Crippen molar-refractivity contribution in [3.05, 3.63) is 62.9 Å². The summed E-state index contributed by atoms with van der Waals surface area (Å²) >= 11 is 0. The number of carbonyl (C=O) groups is 1. The van der Waals surface area contributed by atoms with E-state index in [-0.39, 0.29) is 5.56 Å². The number of H-pyrrole nitrogens is 1. The van der Waals surface area contributed by atoms with Gasteiger partial charge in [0.25, 0.3) is 11.5 Å². The lowest BCUT2D eigenvalue weighted by atomic mass is 10.2. The molecule has 0 radical (unpaired) electrons. The van der Waals surface area contributed by atoms with E-state index in [4.69, 9.17) is 0 Å². The second-order valence-corrected chi connectivity index (χ2v) is 3.73. The Hall–Kier alpha value is -2.63. The Kier molecular flexibility index (Phi) is 5.46. The van der Waals surface area contributed by atoms with Gasteiger partial charge in [-0.1, -0.05) is 32.0 Å². The molecule has 0 bridgehead atoms. The number of amides is 1. The smallest absolute Gasteiger partial charge is 0.322 e. The number of hydrogen-bond acceptors (Lipinski definition) is 3. The number of nitrogens with zero attached hydrogens (tertiary/aromatic N) is 1. The van der Waals surface area contributed by atoms with Gasteiger partial charge in [-0.2, -0.15) is 0 Å². The zero-order chi connectivity index (χ0) is 15.1. The van der Waals surface area contributed by atoms with Gasteiger partial charge in [0.2, 0.25) is 0 Å². The van der Waals surface area contributed by atoms with E-state index in [1.54, 1.807) is 24.3 Å². The molecule has 0 spiro atoms. The molecule has 1 aromatic heterocycles. The maximum Gasteiger partial charge on any atom is 0.328 e. The van der Waals surface area contributed by atoms with Crippen molar-refractivity contribution in [3.8, 4) is 0 Å². The first-order chi connectivity index (χ1) is 9.58. The summed E-state index contributed by atoms with van der Waals surface area (Å²) in [6.07, 6.45) is 1.21. The lowest BCUT2D eigenvalue weighted by Crippen LogP contribution is -2.33. The third-order valence-corrected chi connectivity index (χ3v) is 2.38. The summed E-state index contributed by atoms with van der Waals surface area (Å²) in [5, 5.41) is 2.57. The van der Waals surface area contributed by atoms with Crippen LogP contribution in [0.2, 0.25) is 0 Å². The Bertz CT molecular complexity index is 687. The van der Waals surface area contributed by atoms with Crippen LogP contribution < -0.4 is 16.6 Å². The van der Waals surface area contributed by atoms with Gasteiger partial charge in [-0.15, -0.1) is 0 Å². The number of anilines is 1. The quantitative estimate of drug-likeness (QED) is 0.867. The van der Waals surface area contributed by atoms with E-state index >= 15 is 0 Å². The van der Waals surface area contributed by atoms with Crippen LogP contribution in [-0.4, -0.2) is 15.5 Å². The third kappa shape index (κ3) is 3.68. The van der Waals surface area contributed by atoms with E-state index in [0.29, 0.717) is 5.69 Å². The molecule has 0 aliphatic rings. The van der Waals surface area contributed by atoms with Crippen LogP contribution in [0.15, 0.2) is 46.1 Å². The van der Waals surface area contributed by atoms with Gasteiger partial charge < -0.3 is 9.88 Å². The average molecular weight is 275 g/mol. The SMILES string of the molecule is CC.Cn1cc(C(=O)Nc2ccccc2)c(=O)[nH]c1=O. The van der Waals surface area contributed by atoms with Crippen molar-refractivity contribution in [2.24, 2.45) is 7.05 Å². The van der Waals surface area contributed by atoms with Crippen molar-refractivity contribution in [3.63, 3.8) is 0 Å². The van der Waals surface area contributed by atoms with Crippen LogP contribution in [0.1, 0.15) is 24.2 Å². The molecule has 0 unspecified atom stereocenters. The highest BCUT2D eigenvalue weighted by Crippen LogP contribution is 2.05. The number of aromatic nitrogens is 2. The van der Waals surface area contributed by atoms with E-state index in [1.165, 1.54) is 13.2 Å². The Morgan fingerprint density at radius 3 is 2.35 bits per heavy atom. The highest BCUT2D eigenvalue weighted by molar-refractivity contribution is 6.03. The van der Waals surface area contributed by atoms with Crippen LogP contribution in [0.5, 0.6) is 0 Å². The number of hydrogen-bond donors (Lipinski definition) is 2. The normalized spacial score (nSPS) is 9.35. The minimum absolute atomic E-state index is 0.110. The van der Waals surface area contributed by atoms with Crippen molar-refractivity contribution >= 4 is 11.6 Å². The highest BCUT2D eigenvalue weighted by Gasteiger charge is 2.12. The van der Waals surface area contributed by atoms with Crippen molar-refractivity contribution in [2.45, 2.75) is 13.8 Å². The fraction of sp³-hybridized carbons (Fsp3) is 0.214. The number of rotatable bonds is 2. The minimum Gasteiger partial charge on any atom is -0.322 e. The molecule has 2 aromatic rings. The number of benzene rings is 1. The number of para-hydroxylation sites is 1. The lowest BCUT2D eigenvalue weighted by molar-refractivity contribution is 0.102. The number of nitrogens with one attached hydrogen (secondary N) is 2. The monoisotopic (exact) mass is 275 g/mol. The molecule has 1 heterocycles. The zero-order valence-corrected chi connectivity index (χ0v) is 11.6. The van der Waals surface area contributed by atoms with Crippen LogP contribution >= 0.6 is 0 Å². The fourth-order valence-electron chi connectivity index (χ4n) is 1.45. The topological polar surface area (TPSA) is 84.0 Å². The zero-order valence-electron chi connectivity index (χ0n) is 11.6. The van der Waals surface area contributed by atoms with Crippen molar-refractivity contribution in [2.75, 3.05) is 5.32 Å². The van der Waals surface area contributed by atoms with Crippen LogP contribution in [0.3, 0.4) is 0 Å². The number of aromatic amines is 1. The maximum absolute atomic E-state index is 11.9. The molecule has 106 valence electrons. The largest absolute Gasteiger partial charge is 0.328 e. The summed E-state index contributed by atoms with van der Waals surface area (Å²) in [4.78, 5) is 36.6. The summed E-state index contributed by atoms with van der Waals surface area (Å²) in [5.41, 5.74) is -0.792. The van der Waals surface area contributed by atoms with Crippen LogP contribution in [0.25, 0.3) is 0 Å². The Morgan fingerprint density at radius 1 is 1.15 bits per heavy atom. The molecule has 2 N–H and O–H groups in total. The molecule has 1 aromatic carbocycles. The van der Waals surface area contributed by atoms with E-state index < -0.39 is 17.2 Å². The Morgan fingerprint density at radius 2 is 1.75 bits per heavy atom. The van der Waals surface area contributed by atoms with Crippen LogP contribution in [-0.2, 0) is 7.05 Å². The lowest BCUT2D eigenvalue weighted by Gasteiger charge is -2.05. The fourth-order valence-corrected chi connectivity index (χ4v) is 1.45. The molecule has 0 saturated carbocycles. The highest BCUT2D eigenvalue weighted by atomic mass is 16.2. The van der Waals surface area contributed by atoms with Crippen LogP contribution in [0.4, 0.5) is 5.69 Å². The molecule has 2 rings (SSSR count). The molecular formula is C14H17N3O3. The molecule has 0 fully saturated rings. The van der Waals surface area contributed by atoms with Gasteiger partial charge in [0.1, 0.15) is 5.56 Å². The molecule has 1 amide bonds. The molecule has 6 heteroatoms. The van der Waals surface area contributed by atoms with E-state index in [0.717, 1.165) is 4.57 Å². The van der Waals surface area contributed by atoms with E-state index in [1.807, 2.05) is 19.9 Å². The molecule has 0 atom stereocenters. The first-order valence-electron chi connectivity index (χ1n) is 6.24. The second-order valence-electron chi connectivity index (χ2n) is 3.73. The Balaban J connectivity index is 0.000000956. The van der Waals surface area contributed by atoms with Gasteiger partial charge in [-0.25, -0.2) is 4.79 Å². The third-order valence-electron chi connectivity index (χ3n) is 2.38. The van der Waals surface area contributed by atoms with Crippen LogP contribution in [0, 0.1) is 0 Å². The van der Waals surface area contributed by atoms with Gasteiger partial charge in [-0.3, -0.25) is 14.6 Å². The molecule has 6 nitrogen and oxygen atoms in total. The first-order valence-corrected chi connectivity index (χ1v) is 6.24. The van der Waals surface area contributed by atoms with E-state index in [2.05, 4.69) is 10.3 Å². The van der Waals surface area contributed by atoms with Gasteiger partial charge in [0, 0.05) is 18.9 Å². The van der Waals surface area contributed by atoms with Crippen molar-refractivity contribution < 1.29 is 4.79 Å². The number of aryl methyl sites for hydroxylation is 1. The van der Waals surface area contributed by atoms with E-state index in [9.17, 15) is 14.4 Å². The average Bonchev–Trinajstić information content (AvgIpc) is 2.46. The Labute approximate surface area is 116 Å². The molecule has 0 aliphatic carbocycles. The maximum atomic E-state index is 11.9. The molecule has 0 saturated heterocycles. The van der Waals surface area contributed by atoms with Gasteiger partial charge in [-0.05, 0) is 12.1 Å². The van der Waals surface area contributed by atoms with Gasteiger partial charge >= 0.3 is 5.69 Å². The van der Waals surface area contributed by atoms with Gasteiger partial charge in [0.15, 0.2) is 0 Å². The number of carbonyl (C=O) groups excluding carboxylic acids is 1. The summed E-state index contributed by atoms with van der Waals surface area (Å²) < 4.78 is 1.14. The predicted molar refractivity (Wildman–Crippen MR) is 78.0 cm³/mol. The summed E-state index contributed by atoms with van der Waals surface area (Å²) in [6.45, 7) is 4.00. The second kappa shape index (κ2) is 7.08. The van der Waals surface area contributed by atoms with Gasteiger partial charge in [0.05, 0.1) is 0 Å². The summed E-state index contributed by atoms with van der Waals surface area (Å²) in [7, 11) is 1.46. The standard InChI is InChI=1S/C12H11N3O3.C2H6/c1-15-7-9(11(17)14-12(15)18)10(16)13-8-5-3-2-4-6-8;1-2/h2-7H,1H3,(H,13,16)(H,14,17,18);1-2H3. The van der Waals surface area contributed by atoms with Crippen molar-refractivity contribution in [1.82, 2.24) is 9.55 Å².